The van der Waals surface area contributed by atoms with Gasteiger partial charge >= 0.3 is 0 Å². The molecule has 0 radical (unpaired) electrons. The summed E-state index contributed by atoms with van der Waals surface area (Å²) in [7, 11) is 0. The molecule has 0 amide bonds. The van der Waals surface area contributed by atoms with Crippen molar-refractivity contribution in [2.45, 2.75) is 129 Å². The Kier molecular flexibility index (Phi) is 18.3. The van der Waals surface area contributed by atoms with E-state index in [-0.39, 0.29) is 33.9 Å². The van der Waals surface area contributed by atoms with E-state index in [1.165, 1.54) is 114 Å². The molecule has 8 heteroatoms. The van der Waals surface area contributed by atoms with Crippen LogP contribution in [0.15, 0.2) is 94.7 Å². The highest BCUT2D eigenvalue weighted by molar-refractivity contribution is 5.87. The molecule has 3 aromatic rings. The molecule has 0 spiro atoms. The van der Waals surface area contributed by atoms with E-state index in [4.69, 9.17) is 9.47 Å². The molecule has 0 bridgehead atoms. The van der Waals surface area contributed by atoms with Crippen LogP contribution < -0.4 is 10.2 Å². The first-order valence-electron chi connectivity index (χ1n) is 22.2. The van der Waals surface area contributed by atoms with Gasteiger partial charge in [-0.3, -0.25) is 4.79 Å². The zero-order valence-electron chi connectivity index (χ0n) is 35.6. The van der Waals surface area contributed by atoms with E-state index in [1.54, 1.807) is 12.5 Å². The predicted octanol–water partition coefficient (Wildman–Crippen LogP) is 12.3. The number of phenols is 3. The molecule has 5 N–H and O–H groups in total. The Hall–Kier alpha value is -5.34. The molecule has 8 nitrogen and oxygen atoms in total. The quantitative estimate of drug-likeness (QED) is 0.0307. The van der Waals surface area contributed by atoms with Crippen LogP contribution in [-0.4, -0.2) is 44.9 Å². The number of hydrogen-bond donors (Lipinski definition) is 5. The Morgan fingerprint density at radius 2 is 1.28 bits per heavy atom. The van der Waals surface area contributed by atoms with E-state index in [0.29, 0.717) is 24.3 Å². The van der Waals surface area contributed by atoms with Crippen molar-refractivity contribution < 1.29 is 35.0 Å². The fourth-order valence-corrected chi connectivity index (χ4v) is 7.74. The summed E-state index contributed by atoms with van der Waals surface area (Å²) >= 11 is 0. The monoisotopic (exact) mass is 817 g/mol. The van der Waals surface area contributed by atoms with Crippen molar-refractivity contribution in [3.8, 4) is 23.0 Å². The Labute approximate surface area is 357 Å². The topological polar surface area (TPSA) is 137 Å². The Bertz CT molecular complexity index is 2010. The number of aliphatic hydroxyl groups excluding tert-OH is 2. The van der Waals surface area contributed by atoms with Crippen molar-refractivity contribution in [1.82, 2.24) is 0 Å². The Balaban J connectivity index is 1.11. The first-order chi connectivity index (χ1) is 29.2. The van der Waals surface area contributed by atoms with E-state index in [1.807, 2.05) is 61.1 Å². The summed E-state index contributed by atoms with van der Waals surface area (Å²) in [5.74, 6) is -1.12. The average Bonchev–Trinajstić information content (AvgIpc) is 3.24. The van der Waals surface area contributed by atoms with E-state index in [2.05, 4.69) is 13.8 Å². The minimum atomic E-state index is -1.46. The molecular formula is C52H65O8+. The van der Waals surface area contributed by atoms with Gasteiger partial charge in [-0.15, -0.1) is 0 Å². The lowest BCUT2D eigenvalue weighted by molar-refractivity contribution is 0.150. The fraction of sp³-hybridized carbons (Fsp3) is 0.423. The van der Waals surface area contributed by atoms with Crippen LogP contribution in [0, 0.1) is 12.8 Å². The van der Waals surface area contributed by atoms with Gasteiger partial charge in [0.25, 0.3) is 0 Å². The highest BCUT2D eigenvalue weighted by Gasteiger charge is 2.45. The molecule has 0 fully saturated rings. The summed E-state index contributed by atoms with van der Waals surface area (Å²) in [5, 5.41) is 55.0. The second kappa shape index (κ2) is 24.0. The molecule has 0 saturated heterocycles. The number of phenolic OH excluding ortho intramolecular Hbond substituents is 3. The average molecular weight is 818 g/mol. The highest BCUT2D eigenvalue weighted by atomic mass is 16.5. The highest BCUT2D eigenvalue weighted by Crippen LogP contribution is 2.51. The molecule has 0 saturated carbocycles. The lowest BCUT2D eigenvalue weighted by Gasteiger charge is -2.36. The fourth-order valence-electron chi connectivity index (χ4n) is 7.74. The summed E-state index contributed by atoms with van der Waals surface area (Å²) in [5.41, 5.74) is 1.75. The smallest absolute Gasteiger partial charge is 0.198 e. The summed E-state index contributed by atoms with van der Waals surface area (Å²) in [4.78, 5) is 13.2. The van der Waals surface area contributed by atoms with Gasteiger partial charge in [-0.05, 0) is 72.4 Å². The van der Waals surface area contributed by atoms with Gasteiger partial charge in [0.15, 0.2) is 11.2 Å². The molecule has 5 rings (SSSR count). The first kappa shape index (κ1) is 45.7. The molecule has 2 aliphatic rings. The van der Waals surface area contributed by atoms with Crippen molar-refractivity contribution in [3.63, 3.8) is 0 Å². The van der Waals surface area contributed by atoms with Crippen LogP contribution in [0.2, 0.25) is 0 Å². The van der Waals surface area contributed by atoms with Crippen LogP contribution in [0.1, 0.15) is 150 Å². The maximum Gasteiger partial charge on any atom is 0.198 e. The van der Waals surface area contributed by atoms with E-state index >= 15 is 0 Å². The van der Waals surface area contributed by atoms with Gasteiger partial charge in [-0.1, -0.05) is 128 Å². The van der Waals surface area contributed by atoms with Gasteiger partial charge in [0, 0.05) is 24.1 Å². The third kappa shape index (κ3) is 13.3. The maximum atomic E-state index is 13.2. The minimum absolute atomic E-state index is 0.110. The van der Waals surface area contributed by atoms with Crippen molar-refractivity contribution in [2.75, 3.05) is 13.2 Å². The van der Waals surface area contributed by atoms with Crippen LogP contribution in [0.3, 0.4) is 0 Å². The molecule has 60 heavy (non-hydrogen) atoms. The van der Waals surface area contributed by atoms with Gasteiger partial charge in [0.2, 0.25) is 0 Å². The first-order valence-corrected chi connectivity index (χ1v) is 22.2. The Morgan fingerprint density at radius 1 is 0.717 bits per heavy atom. The van der Waals surface area contributed by atoms with Crippen molar-refractivity contribution in [3.05, 3.63) is 141 Å². The maximum absolute atomic E-state index is 13.2. The molecule has 3 aromatic carbocycles. The third-order valence-corrected chi connectivity index (χ3v) is 11.3. The zero-order valence-corrected chi connectivity index (χ0v) is 35.6. The summed E-state index contributed by atoms with van der Waals surface area (Å²) in [6.45, 7) is 5.84. The second-order valence-electron chi connectivity index (χ2n) is 16.1. The van der Waals surface area contributed by atoms with Crippen LogP contribution in [0.5, 0.6) is 23.0 Å². The zero-order chi connectivity index (χ0) is 42.7. The van der Waals surface area contributed by atoms with Gasteiger partial charge in [-0.25, -0.2) is 0 Å². The number of rotatable bonds is 26. The van der Waals surface area contributed by atoms with E-state index in [0.717, 1.165) is 35.5 Å². The summed E-state index contributed by atoms with van der Waals surface area (Å²) in [6.07, 6.45) is 33.2. The second-order valence-corrected chi connectivity index (χ2v) is 16.1. The van der Waals surface area contributed by atoms with Crippen molar-refractivity contribution in [2.24, 2.45) is 0 Å². The normalized spacial score (nSPS) is 16.9. The van der Waals surface area contributed by atoms with E-state index < -0.39 is 23.2 Å². The van der Waals surface area contributed by atoms with Gasteiger partial charge in [0.05, 0.1) is 47.5 Å². The molecule has 320 valence electrons. The van der Waals surface area contributed by atoms with Gasteiger partial charge in [0.1, 0.15) is 35.4 Å². The van der Waals surface area contributed by atoms with E-state index in [9.17, 15) is 30.3 Å². The summed E-state index contributed by atoms with van der Waals surface area (Å²) in [6, 6.07) is 13.3. The molecule has 2 aliphatic carbocycles. The SMILES string of the molecule is CCCCCCCCCCOC1=C[CH+]C(=C[CH+]c2cc(=O)c(C3C(O)=C(c4c(O)cc(/C=C/c5ccc(OCCCCCCCCCC)cc5)cc4O)C3O)c(O)[cH-]2)C=C1. The molecule has 0 aliphatic heterocycles. The molecule has 0 aromatic heterocycles. The number of ether oxygens (including phenoxy) is 2. The lowest BCUT2D eigenvalue weighted by Crippen LogP contribution is -2.36. The minimum Gasteiger partial charge on any atom is -0.511 e. The van der Waals surface area contributed by atoms with Crippen LogP contribution in [0.4, 0.5) is 0 Å². The number of aliphatic hydroxyl groups is 2. The molecular weight excluding hydrogens is 753 g/mol. The summed E-state index contributed by atoms with van der Waals surface area (Å²) < 4.78 is 11.8. The predicted molar refractivity (Wildman–Crippen MR) is 243 cm³/mol. The largest absolute Gasteiger partial charge is 0.511 e. The number of benzene rings is 3. The number of unbranched alkanes of at least 4 members (excludes halogenated alkanes) is 14. The number of hydrogen-bond acceptors (Lipinski definition) is 8. The van der Waals surface area contributed by atoms with Crippen molar-refractivity contribution >= 4 is 17.7 Å². The molecule has 2 atom stereocenters. The van der Waals surface area contributed by atoms with Gasteiger partial charge in [-0.2, -0.15) is 0 Å². The van der Waals surface area contributed by atoms with Gasteiger partial charge < -0.3 is 35.0 Å². The number of allylic oxidation sites excluding steroid dienone is 5. The Morgan fingerprint density at radius 3 is 1.83 bits per heavy atom. The lowest BCUT2D eigenvalue weighted by atomic mass is 9.72. The standard InChI is InChI=1S/C52H64O8/c1-3-5-7-9-11-13-15-17-31-59-41-27-23-37(24-28-41)19-21-39-33-43(53)47(44(54)34-39)49-51(57)50(52(49)58)48-45(55)35-40(36-46(48)56)22-20-38-25-29-42(30-26-38)60-32-18-16-14-12-10-8-6-4-2/h19-30,33-36,49,51,57H,3-18,31-32H2,1-2H3,(H3-,53,54,55,56,58)/p+1/b22-20+. The number of aromatic hydroxyl groups is 3. The van der Waals surface area contributed by atoms with Crippen LogP contribution in [0.25, 0.3) is 17.7 Å². The van der Waals surface area contributed by atoms with Crippen molar-refractivity contribution in [1.29, 1.82) is 0 Å². The molecule has 2 unspecified atom stereocenters. The van der Waals surface area contributed by atoms with Crippen LogP contribution >= 0.6 is 0 Å². The third-order valence-electron chi connectivity index (χ3n) is 11.3. The molecule has 0 heterocycles. The van der Waals surface area contributed by atoms with Crippen LogP contribution in [-0.2, 0) is 4.74 Å².